The number of thiophene rings is 1. The third-order valence-corrected chi connectivity index (χ3v) is 4.00. The number of carbonyl (C=O) groups excluding carboxylic acids is 1. The number of hydrogen-bond donors (Lipinski definition) is 0. The van der Waals surface area contributed by atoms with Gasteiger partial charge in [-0.1, -0.05) is 19.9 Å². The summed E-state index contributed by atoms with van der Waals surface area (Å²) in [5.74, 6) is 0. The molecular weight excluding hydrogens is 204 g/mol. The van der Waals surface area contributed by atoms with E-state index in [0.29, 0.717) is 5.41 Å². The molecule has 15 heavy (non-hydrogen) atoms. The van der Waals surface area contributed by atoms with Crippen LogP contribution in [0.5, 0.6) is 0 Å². The molecule has 1 nitrogen and oxygen atoms in total. The Kier molecular flexibility index (Phi) is 2.79. The Hall–Kier alpha value is -0.890. The van der Waals surface area contributed by atoms with Gasteiger partial charge in [0, 0.05) is 4.88 Å². The van der Waals surface area contributed by atoms with Crippen molar-refractivity contribution in [1.82, 2.24) is 0 Å². The molecule has 0 amide bonds. The van der Waals surface area contributed by atoms with Crippen molar-refractivity contribution in [3.05, 3.63) is 28.0 Å². The molecule has 0 unspecified atom stereocenters. The minimum absolute atomic E-state index is 0.339. The largest absolute Gasteiger partial charge is 0.298 e. The van der Waals surface area contributed by atoms with Crippen LogP contribution >= 0.6 is 11.3 Å². The molecule has 2 rings (SSSR count). The second kappa shape index (κ2) is 3.93. The average molecular weight is 220 g/mol. The lowest BCUT2D eigenvalue weighted by atomic mass is 9.74. The number of hydrogen-bond acceptors (Lipinski definition) is 2. The van der Waals surface area contributed by atoms with Gasteiger partial charge in [-0.2, -0.15) is 0 Å². The van der Waals surface area contributed by atoms with Crippen molar-refractivity contribution in [3.8, 4) is 0 Å². The summed E-state index contributed by atoms with van der Waals surface area (Å²) in [6.45, 7) is 4.56. The Balaban J connectivity index is 2.40. The van der Waals surface area contributed by atoms with Gasteiger partial charge < -0.3 is 0 Å². The smallest absolute Gasteiger partial charge is 0.146 e. The predicted octanol–water partition coefficient (Wildman–Crippen LogP) is 3.91. The van der Waals surface area contributed by atoms with Gasteiger partial charge in [-0.05, 0) is 47.3 Å². The SMILES string of the molecule is CC1(C)CCC(C=O)=C(c2cccs2)C1. The summed E-state index contributed by atoms with van der Waals surface area (Å²) in [5.41, 5.74) is 2.62. The van der Waals surface area contributed by atoms with Gasteiger partial charge >= 0.3 is 0 Å². The third kappa shape index (κ3) is 2.20. The molecule has 0 fully saturated rings. The standard InChI is InChI=1S/C13H16OS/c1-13(2)6-5-10(9-14)11(8-13)12-4-3-7-15-12/h3-4,7,9H,5-6,8H2,1-2H3. The molecule has 0 saturated carbocycles. The molecule has 80 valence electrons. The van der Waals surface area contributed by atoms with Crippen LogP contribution < -0.4 is 0 Å². The van der Waals surface area contributed by atoms with Crippen LogP contribution in [-0.2, 0) is 4.79 Å². The summed E-state index contributed by atoms with van der Waals surface area (Å²) in [5, 5.41) is 2.08. The first-order valence-electron chi connectivity index (χ1n) is 5.33. The second-order valence-corrected chi connectivity index (χ2v) is 5.89. The molecule has 0 atom stereocenters. The van der Waals surface area contributed by atoms with Gasteiger partial charge in [-0.25, -0.2) is 0 Å². The van der Waals surface area contributed by atoms with E-state index in [-0.39, 0.29) is 0 Å². The summed E-state index contributed by atoms with van der Waals surface area (Å²) < 4.78 is 0. The molecule has 1 aromatic heterocycles. The molecule has 0 aliphatic heterocycles. The fraction of sp³-hybridized carbons (Fsp3) is 0.462. The van der Waals surface area contributed by atoms with Crippen LogP contribution in [-0.4, -0.2) is 6.29 Å². The zero-order valence-corrected chi connectivity index (χ0v) is 10.1. The molecule has 1 aliphatic rings. The van der Waals surface area contributed by atoms with E-state index in [9.17, 15) is 4.79 Å². The molecule has 2 heteroatoms. The summed E-state index contributed by atoms with van der Waals surface area (Å²) in [4.78, 5) is 12.3. The highest BCUT2D eigenvalue weighted by Gasteiger charge is 2.27. The van der Waals surface area contributed by atoms with Gasteiger partial charge in [0.25, 0.3) is 0 Å². The van der Waals surface area contributed by atoms with Crippen molar-refractivity contribution in [2.75, 3.05) is 0 Å². The first kappa shape index (κ1) is 10.6. The van der Waals surface area contributed by atoms with Gasteiger partial charge in [0.05, 0.1) is 0 Å². The van der Waals surface area contributed by atoms with E-state index in [0.717, 1.165) is 31.1 Å². The van der Waals surface area contributed by atoms with E-state index in [1.165, 1.54) is 10.5 Å². The van der Waals surface area contributed by atoms with Crippen LogP contribution in [0, 0.1) is 5.41 Å². The molecule has 0 radical (unpaired) electrons. The molecular formula is C13H16OS. The number of allylic oxidation sites excluding steroid dienone is 2. The van der Waals surface area contributed by atoms with E-state index < -0.39 is 0 Å². The fourth-order valence-corrected chi connectivity index (χ4v) is 2.94. The number of aldehydes is 1. The maximum Gasteiger partial charge on any atom is 0.146 e. The van der Waals surface area contributed by atoms with Crippen LogP contribution in [0.1, 0.15) is 38.0 Å². The van der Waals surface area contributed by atoms with Gasteiger partial charge in [-0.3, -0.25) is 4.79 Å². The van der Waals surface area contributed by atoms with E-state index in [4.69, 9.17) is 0 Å². The van der Waals surface area contributed by atoms with Crippen LogP contribution in [0.25, 0.3) is 5.57 Å². The number of carbonyl (C=O) groups is 1. The highest BCUT2D eigenvalue weighted by molar-refractivity contribution is 7.11. The van der Waals surface area contributed by atoms with E-state index >= 15 is 0 Å². The Morgan fingerprint density at radius 3 is 2.87 bits per heavy atom. The van der Waals surface area contributed by atoms with Gasteiger partial charge in [0.2, 0.25) is 0 Å². The summed E-state index contributed by atoms with van der Waals surface area (Å²) in [7, 11) is 0. The Labute approximate surface area is 94.8 Å². The molecule has 1 heterocycles. The monoisotopic (exact) mass is 220 g/mol. The van der Waals surface area contributed by atoms with Crippen molar-refractivity contribution in [2.24, 2.45) is 5.41 Å². The van der Waals surface area contributed by atoms with Gasteiger partial charge in [0.1, 0.15) is 6.29 Å². The molecule has 1 aliphatic carbocycles. The van der Waals surface area contributed by atoms with Gasteiger partial charge in [-0.15, -0.1) is 11.3 Å². The van der Waals surface area contributed by atoms with Crippen molar-refractivity contribution >= 4 is 23.2 Å². The van der Waals surface area contributed by atoms with Crippen LogP contribution in [0.2, 0.25) is 0 Å². The first-order chi connectivity index (χ1) is 7.12. The predicted molar refractivity (Wildman–Crippen MR) is 64.9 cm³/mol. The second-order valence-electron chi connectivity index (χ2n) is 4.94. The van der Waals surface area contributed by atoms with Crippen LogP contribution in [0.3, 0.4) is 0 Å². The lowest BCUT2D eigenvalue weighted by Gasteiger charge is -2.31. The Morgan fingerprint density at radius 2 is 2.27 bits per heavy atom. The van der Waals surface area contributed by atoms with Crippen molar-refractivity contribution in [1.29, 1.82) is 0 Å². The van der Waals surface area contributed by atoms with Crippen molar-refractivity contribution in [3.63, 3.8) is 0 Å². The quantitative estimate of drug-likeness (QED) is 0.691. The molecule has 1 aromatic rings. The first-order valence-corrected chi connectivity index (χ1v) is 6.21. The minimum atomic E-state index is 0.339. The summed E-state index contributed by atoms with van der Waals surface area (Å²) in [6.07, 6.45) is 4.13. The summed E-state index contributed by atoms with van der Waals surface area (Å²) in [6, 6.07) is 4.17. The van der Waals surface area contributed by atoms with Crippen molar-refractivity contribution in [2.45, 2.75) is 33.1 Å². The molecule has 0 bridgehead atoms. The van der Waals surface area contributed by atoms with Crippen LogP contribution in [0.15, 0.2) is 23.1 Å². The highest BCUT2D eigenvalue weighted by atomic mass is 32.1. The zero-order chi connectivity index (χ0) is 10.9. The lowest BCUT2D eigenvalue weighted by Crippen LogP contribution is -2.18. The van der Waals surface area contributed by atoms with E-state index in [2.05, 4.69) is 31.4 Å². The lowest BCUT2D eigenvalue weighted by molar-refractivity contribution is -0.105. The average Bonchev–Trinajstić information content (AvgIpc) is 2.69. The molecule has 0 N–H and O–H groups in total. The Bertz CT molecular complexity index is 385. The minimum Gasteiger partial charge on any atom is -0.298 e. The number of rotatable bonds is 2. The normalized spacial score (nSPS) is 20.4. The maximum atomic E-state index is 11.0. The zero-order valence-electron chi connectivity index (χ0n) is 9.25. The van der Waals surface area contributed by atoms with Crippen molar-refractivity contribution < 1.29 is 4.79 Å². The van der Waals surface area contributed by atoms with E-state index in [1.54, 1.807) is 11.3 Å². The third-order valence-electron chi connectivity index (χ3n) is 3.07. The van der Waals surface area contributed by atoms with Gasteiger partial charge in [0.15, 0.2) is 0 Å². The Morgan fingerprint density at radius 1 is 1.47 bits per heavy atom. The fourth-order valence-electron chi connectivity index (χ4n) is 2.13. The maximum absolute atomic E-state index is 11.0. The molecule has 0 aromatic carbocycles. The highest BCUT2D eigenvalue weighted by Crippen LogP contribution is 2.43. The van der Waals surface area contributed by atoms with E-state index in [1.807, 2.05) is 0 Å². The molecule has 0 spiro atoms. The van der Waals surface area contributed by atoms with Crippen LogP contribution in [0.4, 0.5) is 0 Å². The topological polar surface area (TPSA) is 17.1 Å². The molecule has 0 saturated heterocycles. The summed E-state index contributed by atoms with van der Waals surface area (Å²) >= 11 is 1.73.